The summed E-state index contributed by atoms with van der Waals surface area (Å²) in [6, 6.07) is 3.96. The van der Waals surface area contributed by atoms with Crippen LogP contribution >= 0.6 is 0 Å². The molecule has 2 aromatic heterocycles. The Balaban J connectivity index is 2.17. The van der Waals surface area contributed by atoms with Gasteiger partial charge in [0.15, 0.2) is 5.65 Å². The molecule has 0 bridgehead atoms. The number of hydrogen-bond acceptors (Lipinski definition) is 2. The van der Waals surface area contributed by atoms with Gasteiger partial charge in [-0.05, 0) is 36.8 Å². The number of benzene rings is 1. The normalized spacial score (nSPS) is 12.0. The SMILES string of the molecule is Cc1cnc2nc(-c3cc(C(F)(F)F)ccc3F)[nH]c2c1. The maximum Gasteiger partial charge on any atom is 0.416 e. The molecular formula is C14H9F4N3. The highest BCUT2D eigenvalue weighted by Gasteiger charge is 2.31. The first-order valence-electron chi connectivity index (χ1n) is 6.04. The summed E-state index contributed by atoms with van der Waals surface area (Å²) >= 11 is 0. The number of aryl methyl sites for hydroxylation is 1. The number of aromatic amines is 1. The van der Waals surface area contributed by atoms with Crippen molar-refractivity contribution in [2.24, 2.45) is 0 Å². The summed E-state index contributed by atoms with van der Waals surface area (Å²) < 4.78 is 51.9. The number of rotatable bonds is 1. The van der Waals surface area contributed by atoms with Crippen LogP contribution in [-0.4, -0.2) is 15.0 Å². The van der Waals surface area contributed by atoms with Crippen molar-refractivity contribution >= 4 is 11.2 Å². The fraction of sp³-hybridized carbons (Fsp3) is 0.143. The lowest BCUT2D eigenvalue weighted by molar-refractivity contribution is -0.137. The number of nitrogens with one attached hydrogen (secondary N) is 1. The predicted octanol–water partition coefficient (Wildman–Crippen LogP) is 4.09. The molecule has 0 saturated carbocycles. The maximum atomic E-state index is 13.8. The number of fused-ring (bicyclic) bond motifs is 1. The van der Waals surface area contributed by atoms with Crippen LogP contribution < -0.4 is 0 Å². The van der Waals surface area contributed by atoms with Crippen molar-refractivity contribution in [1.29, 1.82) is 0 Å². The van der Waals surface area contributed by atoms with E-state index < -0.39 is 17.6 Å². The van der Waals surface area contributed by atoms with Crippen LogP contribution in [0.2, 0.25) is 0 Å². The Morgan fingerprint density at radius 2 is 1.90 bits per heavy atom. The lowest BCUT2D eigenvalue weighted by atomic mass is 10.1. The first kappa shape index (κ1) is 13.5. The zero-order valence-corrected chi connectivity index (χ0v) is 10.8. The van der Waals surface area contributed by atoms with E-state index in [4.69, 9.17) is 0 Å². The third-order valence-electron chi connectivity index (χ3n) is 3.02. The van der Waals surface area contributed by atoms with Crippen LogP contribution in [0.25, 0.3) is 22.6 Å². The minimum atomic E-state index is -4.54. The van der Waals surface area contributed by atoms with Gasteiger partial charge >= 0.3 is 6.18 Å². The Bertz CT molecular complexity index is 821. The molecule has 7 heteroatoms. The Labute approximate surface area is 116 Å². The zero-order chi connectivity index (χ0) is 15.2. The van der Waals surface area contributed by atoms with Crippen molar-refractivity contribution in [3.8, 4) is 11.4 Å². The molecule has 0 saturated heterocycles. The number of H-pyrrole nitrogens is 1. The standard InChI is InChI=1S/C14H9F4N3/c1-7-4-11-13(19-6-7)21-12(20-11)9-5-8(14(16,17)18)2-3-10(9)15/h2-6H,1H3,(H,19,20,21). The van der Waals surface area contributed by atoms with Crippen molar-refractivity contribution in [2.75, 3.05) is 0 Å². The summed E-state index contributed by atoms with van der Waals surface area (Å²) in [5.74, 6) is -0.759. The van der Waals surface area contributed by atoms with Crippen LogP contribution in [-0.2, 0) is 6.18 Å². The van der Waals surface area contributed by atoms with E-state index in [9.17, 15) is 17.6 Å². The Kier molecular flexibility index (Phi) is 2.93. The minimum absolute atomic E-state index is 0.0201. The summed E-state index contributed by atoms with van der Waals surface area (Å²) in [6.45, 7) is 1.82. The number of hydrogen-bond donors (Lipinski definition) is 1. The summed E-state index contributed by atoms with van der Waals surface area (Å²) in [5, 5.41) is 0. The Morgan fingerprint density at radius 1 is 1.14 bits per heavy atom. The number of aromatic nitrogens is 3. The molecule has 0 atom stereocenters. The molecule has 0 unspecified atom stereocenters. The smallest absolute Gasteiger partial charge is 0.336 e. The van der Waals surface area contributed by atoms with Crippen LogP contribution in [0.4, 0.5) is 17.6 Å². The molecule has 3 rings (SSSR count). The molecule has 21 heavy (non-hydrogen) atoms. The van der Waals surface area contributed by atoms with Crippen molar-refractivity contribution < 1.29 is 17.6 Å². The molecule has 0 aliphatic heterocycles. The van der Waals surface area contributed by atoms with E-state index in [1.165, 1.54) is 0 Å². The molecule has 0 aliphatic carbocycles. The molecule has 0 fully saturated rings. The number of imidazole rings is 1. The van der Waals surface area contributed by atoms with Crippen LogP contribution in [0.3, 0.4) is 0 Å². The summed E-state index contributed by atoms with van der Waals surface area (Å²) in [6.07, 6.45) is -2.96. The second-order valence-electron chi connectivity index (χ2n) is 4.66. The van der Waals surface area contributed by atoms with Crippen LogP contribution in [0.5, 0.6) is 0 Å². The third-order valence-corrected chi connectivity index (χ3v) is 3.02. The lowest BCUT2D eigenvalue weighted by Crippen LogP contribution is -2.05. The molecule has 1 N–H and O–H groups in total. The van der Waals surface area contributed by atoms with Crippen molar-refractivity contribution in [3.05, 3.63) is 47.4 Å². The third kappa shape index (κ3) is 2.46. The zero-order valence-electron chi connectivity index (χ0n) is 10.8. The van der Waals surface area contributed by atoms with E-state index in [0.717, 1.165) is 17.7 Å². The Hall–Kier alpha value is -2.44. The van der Waals surface area contributed by atoms with Crippen molar-refractivity contribution in [2.45, 2.75) is 13.1 Å². The highest BCUT2D eigenvalue weighted by atomic mass is 19.4. The van der Waals surface area contributed by atoms with Gasteiger partial charge in [0.25, 0.3) is 0 Å². The number of alkyl halides is 3. The van der Waals surface area contributed by atoms with Gasteiger partial charge in [0.05, 0.1) is 16.6 Å². The van der Waals surface area contributed by atoms with Gasteiger partial charge in [-0.15, -0.1) is 0 Å². The van der Waals surface area contributed by atoms with Gasteiger partial charge in [-0.1, -0.05) is 0 Å². The first-order valence-corrected chi connectivity index (χ1v) is 6.04. The quantitative estimate of drug-likeness (QED) is 0.687. The van der Waals surface area contributed by atoms with Gasteiger partial charge in [-0.2, -0.15) is 13.2 Å². The fourth-order valence-corrected chi connectivity index (χ4v) is 2.02. The van der Waals surface area contributed by atoms with E-state index in [-0.39, 0.29) is 11.4 Å². The Morgan fingerprint density at radius 3 is 2.62 bits per heavy atom. The number of halogens is 4. The summed E-state index contributed by atoms with van der Waals surface area (Å²) in [7, 11) is 0. The predicted molar refractivity (Wildman–Crippen MR) is 69.0 cm³/mol. The van der Waals surface area contributed by atoms with Crippen molar-refractivity contribution in [1.82, 2.24) is 15.0 Å². The van der Waals surface area contributed by atoms with Gasteiger partial charge in [-0.3, -0.25) is 0 Å². The van der Waals surface area contributed by atoms with Gasteiger partial charge in [0.2, 0.25) is 0 Å². The molecule has 0 amide bonds. The van der Waals surface area contributed by atoms with Crippen LogP contribution in [0, 0.1) is 12.7 Å². The lowest BCUT2D eigenvalue weighted by Gasteiger charge is -2.08. The second-order valence-corrected chi connectivity index (χ2v) is 4.66. The van der Waals surface area contributed by atoms with E-state index in [0.29, 0.717) is 17.2 Å². The average Bonchev–Trinajstić information content (AvgIpc) is 2.80. The number of pyridine rings is 1. The maximum absolute atomic E-state index is 13.8. The topological polar surface area (TPSA) is 41.6 Å². The molecule has 1 aromatic carbocycles. The van der Waals surface area contributed by atoms with Gasteiger partial charge in [-0.25, -0.2) is 14.4 Å². The molecule has 3 aromatic rings. The molecule has 3 nitrogen and oxygen atoms in total. The minimum Gasteiger partial charge on any atom is -0.336 e. The molecule has 0 radical (unpaired) electrons. The van der Waals surface area contributed by atoms with E-state index in [1.54, 1.807) is 12.3 Å². The summed E-state index contributed by atoms with van der Waals surface area (Å²) in [4.78, 5) is 10.9. The van der Waals surface area contributed by atoms with E-state index in [2.05, 4.69) is 15.0 Å². The fourth-order valence-electron chi connectivity index (χ4n) is 2.02. The highest BCUT2D eigenvalue weighted by Crippen LogP contribution is 2.33. The van der Waals surface area contributed by atoms with E-state index in [1.807, 2.05) is 6.92 Å². The molecule has 108 valence electrons. The largest absolute Gasteiger partial charge is 0.416 e. The molecular weight excluding hydrogens is 286 g/mol. The highest BCUT2D eigenvalue weighted by molar-refractivity contribution is 5.76. The molecule has 0 spiro atoms. The van der Waals surface area contributed by atoms with Crippen LogP contribution in [0.1, 0.15) is 11.1 Å². The second kappa shape index (κ2) is 4.54. The summed E-state index contributed by atoms with van der Waals surface area (Å²) in [5.41, 5.74) is 0.570. The van der Waals surface area contributed by atoms with Gasteiger partial charge in [0, 0.05) is 6.20 Å². The molecule has 0 aliphatic rings. The van der Waals surface area contributed by atoms with Gasteiger partial charge in [0.1, 0.15) is 11.6 Å². The number of nitrogens with zero attached hydrogens (tertiary/aromatic N) is 2. The molecule has 2 heterocycles. The first-order chi connectivity index (χ1) is 9.84. The van der Waals surface area contributed by atoms with E-state index >= 15 is 0 Å². The van der Waals surface area contributed by atoms with Gasteiger partial charge < -0.3 is 4.98 Å². The average molecular weight is 295 g/mol. The van der Waals surface area contributed by atoms with Crippen molar-refractivity contribution in [3.63, 3.8) is 0 Å². The monoisotopic (exact) mass is 295 g/mol. The van der Waals surface area contributed by atoms with Crippen LogP contribution in [0.15, 0.2) is 30.5 Å².